The van der Waals surface area contributed by atoms with Gasteiger partial charge in [0.2, 0.25) is 0 Å². The molecule has 3 aromatic heterocycles. The summed E-state index contributed by atoms with van der Waals surface area (Å²) in [6.45, 7) is 1.72. The first kappa shape index (κ1) is 15.6. The Bertz CT molecular complexity index is 899. The quantitative estimate of drug-likeness (QED) is 0.717. The highest BCUT2D eigenvalue weighted by molar-refractivity contribution is 5.93. The average molecular weight is 339 g/mol. The van der Waals surface area contributed by atoms with Gasteiger partial charge in [-0.2, -0.15) is 10.2 Å². The maximum absolute atomic E-state index is 12.7. The van der Waals surface area contributed by atoms with Gasteiger partial charge in [0, 0.05) is 51.7 Å². The summed E-state index contributed by atoms with van der Waals surface area (Å²) in [6, 6.07) is 4.03. The lowest BCUT2D eigenvalue weighted by Gasteiger charge is -2.38. The Morgan fingerprint density at radius 2 is 2.20 bits per heavy atom. The second-order valence-corrected chi connectivity index (χ2v) is 6.48. The van der Waals surface area contributed by atoms with Crippen LogP contribution in [0.1, 0.15) is 23.2 Å². The van der Waals surface area contributed by atoms with E-state index in [0.29, 0.717) is 5.56 Å². The molecular formula is C17H21N7O. The SMILES string of the molecule is CN(C(=O)c1cnn(C)c1)C1CCCN(c2ccn3nccc3n2)C1. The summed E-state index contributed by atoms with van der Waals surface area (Å²) in [5.41, 5.74) is 1.46. The van der Waals surface area contributed by atoms with Crippen molar-refractivity contribution < 1.29 is 4.79 Å². The zero-order valence-electron chi connectivity index (χ0n) is 14.4. The molecule has 1 aliphatic rings. The van der Waals surface area contributed by atoms with Crippen LogP contribution in [0.5, 0.6) is 0 Å². The minimum atomic E-state index is 0.0131. The fourth-order valence-corrected chi connectivity index (χ4v) is 3.36. The minimum absolute atomic E-state index is 0.0131. The van der Waals surface area contributed by atoms with Crippen LogP contribution in [0, 0.1) is 0 Å². The number of anilines is 1. The molecular weight excluding hydrogens is 318 g/mol. The van der Waals surface area contributed by atoms with Gasteiger partial charge >= 0.3 is 0 Å². The van der Waals surface area contributed by atoms with Crippen LogP contribution in [-0.2, 0) is 7.05 Å². The molecule has 1 atom stereocenters. The van der Waals surface area contributed by atoms with Crippen LogP contribution in [0.25, 0.3) is 5.65 Å². The molecule has 0 bridgehead atoms. The van der Waals surface area contributed by atoms with Crippen LogP contribution in [0.3, 0.4) is 0 Å². The number of carbonyl (C=O) groups is 1. The van der Waals surface area contributed by atoms with Crippen molar-refractivity contribution in [1.82, 2.24) is 29.3 Å². The summed E-state index contributed by atoms with van der Waals surface area (Å²) in [6.07, 6.45) is 9.07. The molecule has 0 radical (unpaired) electrons. The fraction of sp³-hybridized carbons (Fsp3) is 0.412. The van der Waals surface area contributed by atoms with Gasteiger partial charge in [-0.1, -0.05) is 0 Å². The summed E-state index contributed by atoms with van der Waals surface area (Å²) >= 11 is 0. The Labute approximate surface area is 145 Å². The van der Waals surface area contributed by atoms with Crippen LogP contribution in [0.15, 0.2) is 36.9 Å². The molecule has 4 heterocycles. The predicted octanol–water partition coefficient (Wildman–Crippen LogP) is 1.20. The van der Waals surface area contributed by atoms with E-state index >= 15 is 0 Å². The van der Waals surface area contributed by atoms with E-state index in [9.17, 15) is 4.79 Å². The monoisotopic (exact) mass is 339 g/mol. The molecule has 1 aliphatic heterocycles. The maximum Gasteiger partial charge on any atom is 0.257 e. The molecule has 4 rings (SSSR count). The van der Waals surface area contributed by atoms with Crippen molar-refractivity contribution >= 4 is 17.4 Å². The summed E-state index contributed by atoms with van der Waals surface area (Å²) in [7, 11) is 3.69. The van der Waals surface area contributed by atoms with Crippen LogP contribution >= 0.6 is 0 Å². The fourth-order valence-electron chi connectivity index (χ4n) is 3.36. The van der Waals surface area contributed by atoms with Gasteiger partial charge in [0.25, 0.3) is 5.91 Å². The lowest BCUT2D eigenvalue weighted by molar-refractivity contribution is 0.0717. The Morgan fingerprint density at radius 1 is 1.32 bits per heavy atom. The first-order valence-electron chi connectivity index (χ1n) is 8.43. The average Bonchev–Trinajstić information content (AvgIpc) is 3.28. The Kier molecular flexibility index (Phi) is 3.87. The second-order valence-electron chi connectivity index (χ2n) is 6.48. The van der Waals surface area contributed by atoms with Gasteiger partial charge in [-0.15, -0.1) is 0 Å². The molecule has 3 aromatic rings. The molecule has 1 fully saturated rings. The highest BCUT2D eigenvalue weighted by Crippen LogP contribution is 2.22. The van der Waals surface area contributed by atoms with Crippen LogP contribution in [-0.4, -0.2) is 61.4 Å². The summed E-state index contributed by atoms with van der Waals surface area (Å²) < 4.78 is 3.40. The van der Waals surface area contributed by atoms with E-state index < -0.39 is 0 Å². The molecule has 0 spiro atoms. The van der Waals surface area contributed by atoms with Crippen LogP contribution in [0.2, 0.25) is 0 Å². The van der Waals surface area contributed by atoms with Crippen molar-refractivity contribution in [2.75, 3.05) is 25.0 Å². The van der Waals surface area contributed by atoms with Crippen molar-refractivity contribution in [1.29, 1.82) is 0 Å². The van der Waals surface area contributed by atoms with Crippen molar-refractivity contribution in [2.24, 2.45) is 7.05 Å². The number of aromatic nitrogens is 5. The third-order valence-electron chi connectivity index (χ3n) is 4.78. The Balaban J connectivity index is 1.51. The van der Waals surface area contributed by atoms with Gasteiger partial charge in [-0.25, -0.2) is 9.50 Å². The third-order valence-corrected chi connectivity index (χ3v) is 4.78. The lowest BCUT2D eigenvalue weighted by atomic mass is 10.0. The predicted molar refractivity (Wildman–Crippen MR) is 93.5 cm³/mol. The zero-order valence-corrected chi connectivity index (χ0v) is 14.4. The van der Waals surface area contributed by atoms with Crippen LogP contribution in [0.4, 0.5) is 5.82 Å². The largest absolute Gasteiger partial charge is 0.354 e. The number of piperidine rings is 1. The van der Waals surface area contributed by atoms with E-state index in [0.717, 1.165) is 37.4 Å². The number of aryl methyl sites for hydroxylation is 1. The third kappa shape index (κ3) is 2.95. The minimum Gasteiger partial charge on any atom is -0.354 e. The van der Waals surface area contributed by atoms with Gasteiger partial charge < -0.3 is 9.80 Å². The van der Waals surface area contributed by atoms with Gasteiger partial charge in [0.05, 0.1) is 18.0 Å². The molecule has 1 amide bonds. The number of hydrogen-bond acceptors (Lipinski definition) is 5. The normalized spacial score (nSPS) is 17.8. The Morgan fingerprint density at radius 3 is 3.00 bits per heavy atom. The molecule has 8 heteroatoms. The highest BCUT2D eigenvalue weighted by atomic mass is 16.2. The standard InChI is InChI=1S/C17H21N7O/c1-21-11-13(10-19-21)17(25)22(2)14-4-3-8-23(12-14)15-6-9-24-16(20-15)5-7-18-24/h5-7,9-11,14H,3-4,8,12H2,1-2H3. The Hall–Kier alpha value is -2.90. The first-order valence-corrected chi connectivity index (χ1v) is 8.43. The van der Waals surface area contributed by atoms with Crippen molar-refractivity contribution in [2.45, 2.75) is 18.9 Å². The maximum atomic E-state index is 12.7. The molecule has 1 unspecified atom stereocenters. The van der Waals surface area contributed by atoms with E-state index in [-0.39, 0.29) is 11.9 Å². The number of rotatable bonds is 3. The van der Waals surface area contributed by atoms with E-state index in [1.807, 2.05) is 37.3 Å². The topological polar surface area (TPSA) is 71.6 Å². The van der Waals surface area contributed by atoms with Crippen LogP contribution < -0.4 is 4.90 Å². The summed E-state index contributed by atoms with van der Waals surface area (Å²) in [5, 5.41) is 8.27. The number of likely N-dealkylation sites (N-methyl/N-ethyl adjacent to an activating group) is 1. The van der Waals surface area contributed by atoms with E-state index in [1.54, 1.807) is 27.8 Å². The van der Waals surface area contributed by atoms with E-state index in [1.165, 1.54) is 0 Å². The smallest absolute Gasteiger partial charge is 0.257 e. The number of fused-ring (bicyclic) bond motifs is 1. The molecule has 1 saturated heterocycles. The molecule has 8 nitrogen and oxygen atoms in total. The van der Waals surface area contributed by atoms with Gasteiger partial charge in [0.15, 0.2) is 5.65 Å². The first-order chi connectivity index (χ1) is 12.1. The van der Waals surface area contributed by atoms with Crippen molar-refractivity contribution in [3.05, 3.63) is 42.5 Å². The highest BCUT2D eigenvalue weighted by Gasteiger charge is 2.28. The number of nitrogens with zero attached hydrogens (tertiary/aromatic N) is 7. The van der Waals surface area contributed by atoms with Crippen molar-refractivity contribution in [3.63, 3.8) is 0 Å². The van der Waals surface area contributed by atoms with Gasteiger partial charge in [-0.3, -0.25) is 9.48 Å². The summed E-state index contributed by atoms with van der Waals surface area (Å²) in [5.74, 6) is 0.944. The zero-order chi connectivity index (χ0) is 17.4. The number of hydrogen-bond donors (Lipinski definition) is 0. The number of amides is 1. The van der Waals surface area contributed by atoms with Gasteiger partial charge in [-0.05, 0) is 18.9 Å². The molecule has 0 saturated carbocycles. The molecule has 0 aromatic carbocycles. The van der Waals surface area contributed by atoms with Gasteiger partial charge in [0.1, 0.15) is 5.82 Å². The molecule has 130 valence electrons. The molecule has 0 aliphatic carbocycles. The van der Waals surface area contributed by atoms with Crippen molar-refractivity contribution in [3.8, 4) is 0 Å². The molecule has 25 heavy (non-hydrogen) atoms. The number of carbonyl (C=O) groups excluding carboxylic acids is 1. The van der Waals surface area contributed by atoms with E-state index in [2.05, 4.69) is 20.1 Å². The second kappa shape index (κ2) is 6.19. The lowest BCUT2D eigenvalue weighted by Crippen LogP contribution is -2.48. The molecule has 0 N–H and O–H groups in total. The summed E-state index contributed by atoms with van der Waals surface area (Å²) in [4.78, 5) is 21.4. The van der Waals surface area contributed by atoms with E-state index in [4.69, 9.17) is 0 Å².